The number of carbonyl (C=O) groups is 1. The summed E-state index contributed by atoms with van der Waals surface area (Å²) in [5, 5.41) is 3.49. The third-order valence-corrected chi connectivity index (χ3v) is 3.17. The molecule has 0 bridgehead atoms. The van der Waals surface area contributed by atoms with Crippen molar-refractivity contribution in [3.05, 3.63) is 23.4 Å². The predicted molar refractivity (Wildman–Crippen MR) is 68.3 cm³/mol. The number of hydrogen-bond donors (Lipinski definition) is 1. The minimum atomic E-state index is 0.0763. The van der Waals surface area contributed by atoms with Crippen LogP contribution in [0.2, 0.25) is 5.02 Å². The molecule has 1 N–H and O–H groups in total. The number of aromatic nitrogens is 1. The summed E-state index contributed by atoms with van der Waals surface area (Å²) in [6.07, 6.45) is 2.52. The maximum atomic E-state index is 11.7. The van der Waals surface area contributed by atoms with Gasteiger partial charge in [0.15, 0.2) is 0 Å². The molecule has 1 aliphatic rings. The summed E-state index contributed by atoms with van der Waals surface area (Å²) in [6.45, 7) is 4.23. The Labute approximate surface area is 106 Å². The van der Waals surface area contributed by atoms with E-state index in [9.17, 15) is 4.79 Å². The van der Waals surface area contributed by atoms with Crippen LogP contribution in [0.25, 0.3) is 0 Å². The molecule has 0 aliphatic carbocycles. The third-order valence-electron chi connectivity index (χ3n) is 2.95. The number of nitrogens with one attached hydrogen (secondary N) is 1. The highest BCUT2D eigenvalue weighted by atomic mass is 35.5. The van der Waals surface area contributed by atoms with Gasteiger partial charge in [0.2, 0.25) is 5.91 Å². The van der Waals surface area contributed by atoms with E-state index in [4.69, 9.17) is 11.6 Å². The zero-order valence-corrected chi connectivity index (χ0v) is 10.6. The second kappa shape index (κ2) is 5.36. The second-order valence-corrected chi connectivity index (χ2v) is 4.60. The molecular formula is C12H16ClN3O. The molecule has 1 saturated heterocycles. The number of carbonyl (C=O) groups excluding carboxylic acids is 1. The van der Waals surface area contributed by atoms with E-state index in [2.05, 4.69) is 15.2 Å². The van der Waals surface area contributed by atoms with Crippen LogP contribution < -0.4 is 10.2 Å². The summed E-state index contributed by atoms with van der Waals surface area (Å²) in [5.74, 6) is 1.11. The molecule has 1 aliphatic heterocycles. The Balaban J connectivity index is 1.98. The lowest BCUT2D eigenvalue weighted by molar-refractivity contribution is -0.124. The van der Waals surface area contributed by atoms with Crippen LogP contribution in [0.15, 0.2) is 18.3 Å². The number of halogens is 1. The highest BCUT2D eigenvalue weighted by Gasteiger charge is 2.28. The van der Waals surface area contributed by atoms with Crippen molar-refractivity contribution in [2.24, 2.45) is 5.92 Å². The summed E-state index contributed by atoms with van der Waals surface area (Å²) in [4.78, 5) is 18.1. The fraction of sp³-hybridized carbons (Fsp3) is 0.500. The third kappa shape index (κ3) is 2.88. The lowest BCUT2D eigenvalue weighted by Crippen LogP contribution is -2.32. The highest BCUT2D eigenvalue weighted by molar-refractivity contribution is 6.30. The predicted octanol–water partition coefficient (Wildman–Crippen LogP) is 1.70. The molecule has 2 heterocycles. The zero-order chi connectivity index (χ0) is 12.3. The van der Waals surface area contributed by atoms with Crippen molar-refractivity contribution in [1.29, 1.82) is 0 Å². The molecule has 1 amide bonds. The first kappa shape index (κ1) is 12.2. The van der Waals surface area contributed by atoms with Crippen molar-refractivity contribution >= 4 is 23.3 Å². The van der Waals surface area contributed by atoms with E-state index < -0.39 is 0 Å². The van der Waals surface area contributed by atoms with Crippen molar-refractivity contribution in [2.75, 3.05) is 24.5 Å². The summed E-state index contributed by atoms with van der Waals surface area (Å²) >= 11 is 5.79. The first-order chi connectivity index (χ1) is 8.20. The molecule has 5 heteroatoms. The van der Waals surface area contributed by atoms with Crippen LogP contribution in [-0.4, -0.2) is 30.5 Å². The van der Waals surface area contributed by atoms with Gasteiger partial charge in [0.05, 0.1) is 10.9 Å². The van der Waals surface area contributed by atoms with Gasteiger partial charge in [-0.05, 0) is 25.5 Å². The molecule has 92 valence electrons. The molecule has 1 unspecified atom stereocenters. The van der Waals surface area contributed by atoms with Crippen LogP contribution in [0.4, 0.5) is 5.82 Å². The Bertz CT molecular complexity index is 393. The molecule has 1 atom stereocenters. The Morgan fingerprint density at radius 1 is 1.65 bits per heavy atom. The van der Waals surface area contributed by atoms with Crippen LogP contribution in [-0.2, 0) is 4.79 Å². The van der Waals surface area contributed by atoms with E-state index in [-0.39, 0.29) is 11.8 Å². The number of pyridine rings is 1. The summed E-state index contributed by atoms with van der Waals surface area (Å²) < 4.78 is 0. The fourth-order valence-corrected chi connectivity index (χ4v) is 2.17. The van der Waals surface area contributed by atoms with Crippen molar-refractivity contribution in [1.82, 2.24) is 10.3 Å². The molecular weight excluding hydrogens is 238 g/mol. The van der Waals surface area contributed by atoms with Gasteiger partial charge < -0.3 is 10.2 Å². The van der Waals surface area contributed by atoms with Crippen molar-refractivity contribution in [3.63, 3.8) is 0 Å². The molecule has 1 aromatic heterocycles. The van der Waals surface area contributed by atoms with E-state index in [0.717, 1.165) is 25.3 Å². The molecule has 2 rings (SSSR count). The maximum Gasteiger partial charge on any atom is 0.224 e. The Kier molecular flexibility index (Phi) is 3.84. The maximum absolute atomic E-state index is 11.7. The summed E-state index contributed by atoms with van der Waals surface area (Å²) in [5.41, 5.74) is 0. The molecule has 4 nitrogen and oxygen atoms in total. The van der Waals surface area contributed by atoms with Gasteiger partial charge in [-0.2, -0.15) is 0 Å². The second-order valence-electron chi connectivity index (χ2n) is 4.16. The quantitative estimate of drug-likeness (QED) is 0.892. The average Bonchev–Trinajstić information content (AvgIpc) is 2.80. The molecule has 0 aromatic carbocycles. The van der Waals surface area contributed by atoms with E-state index in [0.29, 0.717) is 11.6 Å². The van der Waals surface area contributed by atoms with Gasteiger partial charge in [-0.15, -0.1) is 0 Å². The van der Waals surface area contributed by atoms with Crippen LogP contribution in [0.3, 0.4) is 0 Å². The topological polar surface area (TPSA) is 45.2 Å². The Hall–Kier alpha value is -1.29. The van der Waals surface area contributed by atoms with Crippen molar-refractivity contribution < 1.29 is 4.79 Å². The van der Waals surface area contributed by atoms with Gasteiger partial charge in [0, 0.05) is 25.8 Å². The van der Waals surface area contributed by atoms with E-state index in [1.165, 1.54) is 0 Å². The van der Waals surface area contributed by atoms with E-state index in [1.807, 2.05) is 19.1 Å². The highest BCUT2D eigenvalue weighted by Crippen LogP contribution is 2.22. The summed E-state index contributed by atoms with van der Waals surface area (Å²) in [7, 11) is 0. The number of anilines is 1. The van der Waals surface area contributed by atoms with Crippen LogP contribution in [0.5, 0.6) is 0 Å². The molecule has 17 heavy (non-hydrogen) atoms. The molecule has 0 spiro atoms. The lowest BCUT2D eigenvalue weighted by Gasteiger charge is -2.17. The molecule has 0 radical (unpaired) electrons. The van der Waals surface area contributed by atoms with Crippen LogP contribution >= 0.6 is 11.6 Å². The van der Waals surface area contributed by atoms with E-state index >= 15 is 0 Å². The van der Waals surface area contributed by atoms with Gasteiger partial charge in [-0.1, -0.05) is 11.6 Å². The zero-order valence-electron chi connectivity index (χ0n) is 9.82. The minimum Gasteiger partial charge on any atom is -0.356 e. The number of rotatable bonds is 3. The average molecular weight is 254 g/mol. The van der Waals surface area contributed by atoms with Gasteiger partial charge in [-0.3, -0.25) is 4.79 Å². The molecule has 1 fully saturated rings. The number of nitrogens with zero attached hydrogens (tertiary/aromatic N) is 2. The molecule has 0 saturated carbocycles. The number of amides is 1. The van der Waals surface area contributed by atoms with Crippen molar-refractivity contribution in [3.8, 4) is 0 Å². The van der Waals surface area contributed by atoms with Gasteiger partial charge in [0.1, 0.15) is 5.82 Å². The Morgan fingerprint density at radius 2 is 2.47 bits per heavy atom. The number of hydrogen-bond acceptors (Lipinski definition) is 3. The SMILES string of the molecule is CCNC(=O)C1CCN(c2ccc(Cl)cn2)C1. The fourth-order valence-electron chi connectivity index (χ4n) is 2.06. The smallest absolute Gasteiger partial charge is 0.224 e. The molecule has 1 aromatic rings. The van der Waals surface area contributed by atoms with Gasteiger partial charge in [0.25, 0.3) is 0 Å². The van der Waals surface area contributed by atoms with Crippen LogP contribution in [0.1, 0.15) is 13.3 Å². The van der Waals surface area contributed by atoms with E-state index in [1.54, 1.807) is 6.20 Å². The normalized spacial score (nSPS) is 19.4. The minimum absolute atomic E-state index is 0.0763. The summed E-state index contributed by atoms with van der Waals surface area (Å²) in [6, 6.07) is 3.71. The monoisotopic (exact) mass is 253 g/mol. The first-order valence-corrected chi connectivity index (χ1v) is 6.22. The van der Waals surface area contributed by atoms with Crippen molar-refractivity contribution in [2.45, 2.75) is 13.3 Å². The van der Waals surface area contributed by atoms with Gasteiger partial charge in [-0.25, -0.2) is 4.98 Å². The first-order valence-electron chi connectivity index (χ1n) is 5.85. The standard InChI is InChI=1S/C12H16ClN3O/c1-2-14-12(17)9-5-6-16(8-9)11-4-3-10(13)7-15-11/h3-4,7,9H,2,5-6,8H2,1H3,(H,14,17). The van der Waals surface area contributed by atoms with Gasteiger partial charge >= 0.3 is 0 Å². The van der Waals surface area contributed by atoms with Crippen LogP contribution in [0, 0.1) is 5.92 Å². The lowest BCUT2D eigenvalue weighted by atomic mass is 10.1. The Morgan fingerprint density at radius 3 is 3.12 bits per heavy atom. The largest absolute Gasteiger partial charge is 0.356 e.